The van der Waals surface area contributed by atoms with Gasteiger partial charge in [-0.2, -0.15) is 0 Å². The van der Waals surface area contributed by atoms with Gasteiger partial charge in [-0.25, -0.2) is 0 Å². The summed E-state index contributed by atoms with van der Waals surface area (Å²) >= 11 is 0. The van der Waals surface area contributed by atoms with Crippen LogP contribution in [0, 0.1) is 5.92 Å². The Hall–Kier alpha value is -1.22. The maximum atomic E-state index is 10.9. The van der Waals surface area contributed by atoms with Crippen molar-refractivity contribution in [3.05, 3.63) is 23.3 Å². The molecule has 0 bridgehead atoms. The van der Waals surface area contributed by atoms with Crippen LogP contribution in [0.1, 0.15) is 90.2 Å². The standard InChI is InChI=1S/C23H36O3/c1-6-8-9-10-16-13-19(24)21-17-15-23(5,25-7-2)12-11-18(17)22(3,4)26-20(21)14-16/h13-14,17-18,24H,6-12,15H2,1-5H3. The Labute approximate surface area is 159 Å². The third kappa shape index (κ3) is 3.74. The van der Waals surface area contributed by atoms with Crippen LogP contribution in [0.25, 0.3) is 0 Å². The molecule has 3 heteroatoms. The molecule has 26 heavy (non-hydrogen) atoms. The Morgan fingerprint density at radius 1 is 1.19 bits per heavy atom. The minimum absolute atomic E-state index is 0.104. The van der Waals surface area contributed by atoms with E-state index in [0.717, 1.165) is 50.0 Å². The predicted octanol–water partition coefficient (Wildman–Crippen LogP) is 5.97. The summed E-state index contributed by atoms with van der Waals surface area (Å²) in [4.78, 5) is 0. The highest BCUT2D eigenvalue weighted by Gasteiger charge is 2.50. The normalized spacial score (nSPS) is 29.6. The largest absolute Gasteiger partial charge is 0.508 e. The van der Waals surface area contributed by atoms with Crippen LogP contribution in [-0.4, -0.2) is 22.9 Å². The third-order valence-electron chi connectivity index (χ3n) is 6.50. The average Bonchev–Trinajstić information content (AvgIpc) is 2.53. The molecule has 1 saturated carbocycles. The first-order chi connectivity index (χ1) is 12.3. The van der Waals surface area contributed by atoms with E-state index in [0.29, 0.717) is 17.6 Å². The van der Waals surface area contributed by atoms with Crippen LogP contribution in [0.5, 0.6) is 11.5 Å². The molecule has 1 aliphatic carbocycles. The van der Waals surface area contributed by atoms with Crippen molar-refractivity contribution in [3.63, 3.8) is 0 Å². The second-order valence-corrected chi connectivity index (χ2v) is 9.03. The molecule has 146 valence electrons. The summed E-state index contributed by atoms with van der Waals surface area (Å²) in [5, 5.41) is 10.9. The Morgan fingerprint density at radius 3 is 2.65 bits per heavy atom. The van der Waals surface area contributed by atoms with E-state index in [4.69, 9.17) is 9.47 Å². The molecule has 1 aromatic rings. The minimum Gasteiger partial charge on any atom is -0.508 e. The lowest BCUT2D eigenvalue weighted by Crippen LogP contribution is -2.50. The number of phenolic OH excluding ortho intramolecular Hbond substituents is 1. The van der Waals surface area contributed by atoms with Crippen LogP contribution >= 0.6 is 0 Å². The number of rotatable bonds is 6. The summed E-state index contributed by atoms with van der Waals surface area (Å²) in [6, 6.07) is 4.15. The number of ether oxygens (including phenoxy) is 2. The van der Waals surface area contributed by atoms with E-state index in [1.807, 2.05) is 6.07 Å². The molecule has 3 rings (SSSR count). The summed E-state index contributed by atoms with van der Waals surface area (Å²) in [5.41, 5.74) is 1.89. The van der Waals surface area contributed by atoms with E-state index in [1.54, 1.807) is 0 Å². The average molecular weight is 361 g/mol. The molecular weight excluding hydrogens is 324 g/mol. The number of phenols is 1. The van der Waals surface area contributed by atoms with Gasteiger partial charge in [0.1, 0.15) is 17.1 Å². The zero-order valence-corrected chi connectivity index (χ0v) is 17.2. The second-order valence-electron chi connectivity index (χ2n) is 9.03. The van der Waals surface area contributed by atoms with E-state index in [1.165, 1.54) is 18.4 Å². The van der Waals surface area contributed by atoms with Crippen LogP contribution < -0.4 is 4.74 Å². The Balaban J connectivity index is 1.94. The van der Waals surface area contributed by atoms with Gasteiger partial charge in [-0.1, -0.05) is 19.8 Å². The highest BCUT2D eigenvalue weighted by Crippen LogP contribution is 2.56. The zero-order chi connectivity index (χ0) is 18.9. The fourth-order valence-electron chi connectivity index (χ4n) is 5.19. The Morgan fingerprint density at radius 2 is 1.96 bits per heavy atom. The lowest BCUT2D eigenvalue weighted by atomic mass is 9.62. The molecule has 1 fully saturated rings. The van der Waals surface area contributed by atoms with Gasteiger partial charge >= 0.3 is 0 Å². The van der Waals surface area contributed by atoms with E-state index in [-0.39, 0.29) is 11.2 Å². The summed E-state index contributed by atoms with van der Waals surface area (Å²) in [6.45, 7) is 11.7. The molecule has 0 aromatic heterocycles. The highest BCUT2D eigenvalue weighted by molar-refractivity contribution is 5.52. The van der Waals surface area contributed by atoms with Gasteiger partial charge < -0.3 is 14.6 Å². The monoisotopic (exact) mass is 360 g/mol. The topological polar surface area (TPSA) is 38.7 Å². The third-order valence-corrected chi connectivity index (χ3v) is 6.50. The molecule has 1 aromatic carbocycles. The van der Waals surface area contributed by atoms with Crippen molar-refractivity contribution in [2.75, 3.05) is 6.61 Å². The summed E-state index contributed by atoms with van der Waals surface area (Å²) < 4.78 is 12.6. The number of hydrogen-bond donors (Lipinski definition) is 1. The molecule has 1 heterocycles. The van der Waals surface area contributed by atoms with Crippen molar-refractivity contribution in [3.8, 4) is 11.5 Å². The summed E-state index contributed by atoms with van der Waals surface area (Å²) in [6.07, 6.45) is 7.68. The van der Waals surface area contributed by atoms with E-state index in [9.17, 15) is 5.11 Å². The number of fused-ring (bicyclic) bond motifs is 3. The number of unbranched alkanes of at least 4 members (excludes halogenated alkanes) is 2. The first-order valence-electron chi connectivity index (χ1n) is 10.5. The maximum Gasteiger partial charge on any atom is 0.127 e. The fourth-order valence-corrected chi connectivity index (χ4v) is 5.19. The molecular formula is C23H36O3. The smallest absolute Gasteiger partial charge is 0.127 e. The maximum absolute atomic E-state index is 10.9. The van der Waals surface area contributed by atoms with Crippen molar-refractivity contribution in [1.82, 2.24) is 0 Å². The van der Waals surface area contributed by atoms with Crippen molar-refractivity contribution < 1.29 is 14.6 Å². The van der Waals surface area contributed by atoms with Gasteiger partial charge in [-0.15, -0.1) is 0 Å². The number of hydrogen-bond acceptors (Lipinski definition) is 3. The van der Waals surface area contributed by atoms with Crippen molar-refractivity contribution >= 4 is 0 Å². The second kappa shape index (κ2) is 7.42. The van der Waals surface area contributed by atoms with Gasteiger partial charge in [0.05, 0.1) is 5.60 Å². The highest BCUT2D eigenvalue weighted by atomic mass is 16.5. The van der Waals surface area contributed by atoms with E-state index in [2.05, 4.69) is 40.7 Å². The predicted molar refractivity (Wildman–Crippen MR) is 106 cm³/mol. The van der Waals surface area contributed by atoms with E-state index >= 15 is 0 Å². The van der Waals surface area contributed by atoms with Crippen molar-refractivity contribution in [2.45, 2.75) is 96.7 Å². The molecule has 0 saturated heterocycles. The molecule has 0 spiro atoms. The molecule has 3 atom stereocenters. The van der Waals surface area contributed by atoms with Crippen LogP contribution in [0.4, 0.5) is 0 Å². The molecule has 1 aliphatic heterocycles. The van der Waals surface area contributed by atoms with Crippen molar-refractivity contribution in [1.29, 1.82) is 0 Å². The molecule has 1 N–H and O–H groups in total. The van der Waals surface area contributed by atoms with Gasteiger partial charge in [0.15, 0.2) is 0 Å². The number of aromatic hydroxyl groups is 1. The SMILES string of the molecule is CCCCCc1cc(O)c2c(c1)OC(C)(C)C1CCC(C)(OCC)CC21. The summed E-state index contributed by atoms with van der Waals surface area (Å²) in [5.74, 6) is 2.02. The number of aryl methyl sites for hydroxylation is 1. The Kier molecular flexibility index (Phi) is 5.58. The molecule has 0 radical (unpaired) electrons. The van der Waals surface area contributed by atoms with Crippen LogP contribution in [0.3, 0.4) is 0 Å². The molecule has 3 unspecified atom stereocenters. The quantitative estimate of drug-likeness (QED) is 0.635. The van der Waals surface area contributed by atoms with Crippen molar-refractivity contribution in [2.24, 2.45) is 5.92 Å². The molecule has 2 aliphatic rings. The molecule has 0 amide bonds. The minimum atomic E-state index is -0.209. The Bertz CT molecular complexity index is 637. The first-order valence-corrected chi connectivity index (χ1v) is 10.5. The lowest BCUT2D eigenvalue weighted by Gasteiger charge is -2.51. The van der Waals surface area contributed by atoms with Gasteiger partial charge in [0.25, 0.3) is 0 Å². The van der Waals surface area contributed by atoms with Gasteiger partial charge in [0.2, 0.25) is 0 Å². The van der Waals surface area contributed by atoms with Gasteiger partial charge in [-0.3, -0.25) is 0 Å². The first kappa shape index (κ1) is 19.5. The molecule has 3 nitrogen and oxygen atoms in total. The zero-order valence-electron chi connectivity index (χ0n) is 17.2. The van der Waals surface area contributed by atoms with Crippen LogP contribution in [0.2, 0.25) is 0 Å². The van der Waals surface area contributed by atoms with E-state index < -0.39 is 0 Å². The van der Waals surface area contributed by atoms with Gasteiger partial charge in [0, 0.05) is 24.0 Å². The lowest BCUT2D eigenvalue weighted by molar-refractivity contribution is -0.0983. The summed E-state index contributed by atoms with van der Waals surface area (Å²) in [7, 11) is 0. The fraction of sp³-hybridized carbons (Fsp3) is 0.739. The van der Waals surface area contributed by atoms with Crippen LogP contribution in [-0.2, 0) is 11.2 Å². The van der Waals surface area contributed by atoms with Gasteiger partial charge in [-0.05, 0) is 77.5 Å². The van der Waals surface area contributed by atoms with Crippen LogP contribution in [0.15, 0.2) is 12.1 Å². The number of benzene rings is 1.